The van der Waals surface area contributed by atoms with Crippen LogP contribution in [0.1, 0.15) is 30.7 Å². The molecule has 1 fully saturated rings. The number of piperidine rings is 1. The fourth-order valence-electron chi connectivity index (χ4n) is 3.41. The number of nitrogens with one attached hydrogen (secondary N) is 1. The molecular weight excluding hydrogens is 350 g/mol. The van der Waals surface area contributed by atoms with Crippen LogP contribution in [0.4, 0.5) is 11.5 Å². The zero-order valence-electron chi connectivity index (χ0n) is 15.9. The molecule has 0 spiro atoms. The minimum absolute atomic E-state index is 0.211. The van der Waals surface area contributed by atoms with Gasteiger partial charge in [0.2, 0.25) is 5.91 Å². The molecule has 1 aliphatic heterocycles. The summed E-state index contributed by atoms with van der Waals surface area (Å²) in [6.45, 7) is 3.29. The summed E-state index contributed by atoms with van der Waals surface area (Å²) in [5.74, 6) is 1.66. The summed E-state index contributed by atoms with van der Waals surface area (Å²) in [6.07, 6.45) is 4.44. The molecule has 1 aromatic carbocycles. The van der Waals surface area contributed by atoms with Crippen LogP contribution in [-0.4, -0.2) is 27.4 Å². The van der Waals surface area contributed by atoms with E-state index in [1.54, 1.807) is 6.20 Å². The lowest BCUT2D eigenvalue weighted by Gasteiger charge is -2.27. The van der Waals surface area contributed by atoms with E-state index in [0.717, 1.165) is 47.8 Å². The van der Waals surface area contributed by atoms with E-state index in [1.165, 1.54) is 0 Å². The number of pyridine rings is 1. The Hall–Kier alpha value is -3.28. The zero-order valence-corrected chi connectivity index (χ0v) is 15.9. The predicted octanol–water partition coefficient (Wildman–Crippen LogP) is 3.98. The largest absolute Gasteiger partial charge is 0.366 e. The van der Waals surface area contributed by atoms with Crippen molar-refractivity contribution in [2.24, 2.45) is 0 Å². The Kier molecular flexibility index (Phi) is 5.28. The summed E-state index contributed by atoms with van der Waals surface area (Å²) in [4.78, 5) is 27.4. The van der Waals surface area contributed by atoms with Gasteiger partial charge in [-0.1, -0.05) is 18.2 Å². The van der Waals surface area contributed by atoms with Crippen LogP contribution in [0.25, 0.3) is 11.4 Å². The molecule has 4 rings (SSSR count). The third-order valence-corrected chi connectivity index (χ3v) is 4.78. The standard InChI is InChI=1S/C22H23N5O/c1-16-25-20(19-9-2-4-11-23-19)14-21(26-16)24-15-17-7-6-8-18(13-17)27-12-5-3-10-22(27)28/h2,4,6-9,11,13-14H,3,5,10,12,15H2,1H3,(H,24,25,26). The van der Waals surface area contributed by atoms with Gasteiger partial charge < -0.3 is 10.2 Å². The second-order valence-electron chi connectivity index (χ2n) is 6.93. The average Bonchev–Trinajstić information content (AvgIpc) is 2.73. The van der Waals surface area contributed by atoms with Gasteiger partial charge >= 0.3 is 0 Å². The normalized spacial score (nSPS) is 14.2. The Labute approximate surface area is 164 Å². The molecule has 3 heterocycles. The van der Waals surface area contributed by atoms with Gasteiger partial charge in [0.05, 0.1) is 11.4 Å². The molecule has 0 saturated carbocycles. The number of aryl methyl sites for hydroxylation is 1. The van der Waals surface area contributed by atoms with Crippen molar-refractivity contribution >= 4 is 17.4 Å². The van der Waals surface area contributed by atoms with E-state index < -0.39 is 0 Å². The molecule has 6 heteroatoms. The molecule has 0 bridgehead atoms. The van der Waals surface area contributed by atoms with Crippen molar-refractivity contribution < 1.29 is 4.79 Å². The number of amides is 1. The van der Waals surface area contributed by atoms with E-state index in [2.05, 4.69) is 32.4 Å². The molecule has 0 aliphatic carbocycles. The Morgan fingerprint density at radius 2 is 1.96 bits per heavy atom. The first-order valence-corrected chi connectivity index (χ1v) is 9.59. The van der Waals surface area contributed by atoms with Crippen molar-refractivity contribution in [2.45, 2.75) is 32.7 Å². The van der Waals surface area contributed by atoms with Crippen LogP contribution in [0.3, 0.4) is 0 Å². The molecule has 142 valence electrons. The second-order valence-corrected chi connectivity index (χ2v) is 6.93. The van der Waals surface area contributed by atoms with Gasteiger partial charge in [0.1, 0.15) is 11.6 Å². The lowest BCUT2D eigenvalue weighted by atomic mass is 10.1. The first-order valence-electron chi connectivity index (χ1n) is 9.59. The van der Waals surface area contributed by atoms with E-state index in [-0.39, 0.29) is 5.91 Å². The van der Waals surface area contributed by atoms with Crippen molar-refractivity contribution in [3.63, 3.8) is 0 Å². The quantitative estimate of drug-likeness (QED) is 0.733. The van der Waals surface area contributed by atoms with Gasteiger partial charge in [0.15, 0.2) is 0 Å². The van der Waals surface area contributed by atoms with Crippen molar-refractivity contribution in [2.75, 3.05) is 16.8 Å². The molecule has 1 aliphatic rings. The number of hydrogen-bond donors (Lipinski definition) is 1. The maximum absolute atomic E-state index is 12.2. The van der Waals surface area contributed by atoms with Crippen LogP contribution >= 0.6 is 0 Å². The molecule has 28 heavy (non-hydrogen) atoms. The van der Waals surface area contributed by atoms with Crippen LogP contribution in [0.2, 0.25) is 0 Å². The Balaban J connectivity index is 1.50. The van der Waals surface area contributed by atoms with Crippen LogP contribution in [-0.2, 0) is 11.3 Å². The summed E-state index contributed by atoms with van der Waals surface area (Å²) in [5.41, 5.74) is 3.69. The number of benzene rings is 1. The molecule has 0 atom stereocenters. The van der Waals surface area contributed by atoms with Crippen LogP contribution in [0, 0.1) is 6.92 Å². The third-order valence-electron chi connectivity index (χ3n) is 4.78. The van der Waals surface area contributed by atoms with E-state index in [0.29, 0.717) is 18.8 Å². The first-order chi connectivity index (χ1) is 13.7. The number of nitrogens with zero attached hydrogens (tertiary/aromatic N) is 4. The summed E-state index contributed by atoms with van der Waals surface area (Å²) in [5, 5.41) is 3.37. The minimum atomic E-state index is 0.211. The lowest BCUT2D eigenvalue weighted by Crippen LogP contribution is -2.35. The molecule has 0 radical (unpaired) electrons. The van der Waals surface area contributed by atoms with Crippen molar-refractivity contribution in [3.8, 4) is 11.4 Å². The van der Waals surface area contributed by atoms with E-state index >= 15 is 0 Å². The SMILES string of the molecule is Cc1nc(NCc2cccc(N3CCCCC3=O)c2)cc(-c2ccccn2)n1. The van der Waals surface area contributed by atoms with Crippen molar-refractivity contribution in [1.82, 2.24) is 15.0 Å². The Morgan fingerprint density at radius 1 is 1.04 bits per heavy atom. The average molecular weight is 373 g/mol. The highest BCUT2D eigenvalue weighted by atomic mass is 16.2. The van der Waals surface area contributed by atoms with Crippen molar-refractivity contribution in [3.05, 3.63) is 66.1 Å². The molecule has 2 aromatic heterocycles. The van der Waals surface area contributed by atoms with Gasteiger partial charge in [0, 0.05) is 37.5 Å². The number of rotatable bonds is 5. The number of hydrogen-bond acceptors (Lipinski definition) is 5. The Morgan fingerprint density at radius 3 is 2.79 bits per heavy atom. The zero-order chi connectivity index (χ0) is 19.3. The highest BCUT2D eigenvalue weighted by molar-refractivity contribution is 5.94. The van der Waals surface area contributed by atoms with Gasteiger partial charge in [-0.15, -0.1) is 0 Å². The smallest absolute Gasteiger partial charge is 0.226 e. The van der Waals surface area contributed by atoms with E-state index in [9.17, 15) is 4.79 Å². The highest BCUT2D eigenvalue weighted by Crippen LogP contribution is 2.23. The van der Waals surface area contributed by atoms with Gasteiger partial charge in [-0.25, -0.2) is 9.97 Å². The third kappa shape index (κ3) is 4.17. The molecule has 0 unspecified atom stereocenters. The summed E-state index contributed by atoms with van der Waals surface area (Å²) < 4.78 is 0. The predicted molar refractivity (Wildman–Crippen MR) is 110 cm³/mol. The lowest BCUT2D eigenvalue weighted by molar-refractivity contribution is -0.119. The second kappa shape index (κ2) is 8.17. The molecule has 1 saturated heterocycles. The highest BCUT2D eigenvalue weighted by Gasteiger charge is 2.19. The number of aromatic nitrogens is 3. The number of carbonyl (C=O) groups is 1. The molecular formula is C22H23N5O. The maximum atomic E-state index is 12.2. The summed E-state index contributed by atoms with van der Waals surface area (Å²) >= 11 is 0. The van der Waals surface area contributed by atoms with Crippen LogP contribution < -0.4 is 10.2 Å². The van der Waals surface area contributed by atoms with E-state index in [4.69, 9.17) is 0 Å². The topological polar surface area (TPSA) is 71.0 Å². The monoisotopic (exact) mass is 373 g/mol. The summed E-state index contributed by atoms with van der Waals surface area (Å²) in [6, 6.07) is 15.8. The molecule has 1 amide bonds. The molecule has 6 nitrogen and oxygen atoms in total. The molecule has 3 aromatic rings. The number of anilines is 2. The van der Waals surface area contributed by atoms with E-state index in [1.807, 2.05) is 48.2 Å². The minimum Gasteiger partial charge on any atom is -0.366 e. The van der Waals surface area contributed by atoms with Crippen LogP contribution in [0.15, 0.2) is 54.7 Å². The summed E-state index contributed by atoms with van der Waals surface area (Å²) in [7, 11) is 0. The first kappa shape index (κ1) is 18.1. The van der Waals surface area contributed by atoms with Gasteiger partial charge in [-0.2, -0.15) is 0 Å². The maximum Gasteiger partial charge on any atom is 0.226 e. The fraction of sp³-hybridized carbons (Fsp3) is 0.273. The van der Waals surface area contributed by atoms with Crippen LogP contribution in [0.5, 0.6) is 0 Å². The Bertz CT molecular complexity index is 974. The van der Waals surface area contributed by atoms with Gasteiger partial charge in [-0.3, -0.25) is 9.78 Å². The van der Waals surface area contributed by atoms with Gasteiger partial charge in [-0.05, 0) is 49.6 Å². The fourth-order valence-corrected chi connectivity index (χ4v) is 3.41. The molecule has 1 N–H and O–H groups in total. The van der Waals surface area contributed by atoms with Crippen molar-refractivity contribution in [1.29, 1.82) is 0 Å². The van der Waals surface area contributed by atoms with Gasteiger partial charge in [0.25, 0.3) is 0 Å². The number of carbonyl (C=O) groups excluding carboxylic acids is 1.